The highest BCUT2D eigenvalue weighted by atomic mass is 35.5. The van der Waals surface area contributed by atoms with Crippen LogP contribution in [0.2, 0.25) is 5.02 Å². The van der Waals surface area contributed by atoms with Crippen LogP contribution in [0.25, 0.3) is 0 Å². The van der Waals surface area contributed by atoms with E-state index in [4.69, 9.17) is 16.3 Å². The Morgan fingerprint density at radius 1 is 1.13 bits per heavy atom. The minimum absolute atomic E-state index is 0.286. The van der Waals surface area contributed by atoms with Crippen LogP contribution in [0.1, 0.15) is 5.56 Å². The van der Waals surface area contributed by atoms with Gasteiger partial charge < -0.3 is 10.1 Å². The van der Waals surface area contributed by atoms with Gasteiger partial charge in [0.05, 0.1) is 18.6 Å². The molecule has 0 spiro atoms. The molecule has 0 saturated carbocycles. The van der Waals surface area contributed by atoms with Crippen molar-refractivity contribution in [1.29, 1.82) is 0 Å². The summed E-state index contributed by atoms with van der Waals surface area (Å²) in [4.78, 5) is 12.0. The average Bonchev–Trinajstić information content (AvgIpc) is 2.49. The Morgan fingerprint density at radius 2 is 1.78 bits per heavy atom. The van der Waals surface area contributed by atoms with Crippen LogP contribution in [0.3, 0.4) is 0 Å². The summed E-state index contributed by atoms with van der Waals surface area (Å²) in [6.45, 7) is 0. The first-order valence-corrected chi connectivity index (χ1v) is 8.98. The fourth-order valence-electron chi connectivity index (χ4n) is 2.04. The third kappa shape index (κ3) is 4.97. The van der Waals surface area contributed by atoms with Gasteiger partial charge in [0, 0.05) is 5.02 Å². The van der Waals surface area contributed by atoms with Gasteiger partial charge in [-0.15, -0.1) is 0 Å². The molecule has 0 atom stereocenters. The average molecular weight is 354 g/mol. The van der Waals surface area contributed by atoms with Crippen LogP contribution in [0.15, 0.2) is 48.5 Å². The molecule has 0 aromatic heterocycles. The van der Waals surface area contributed by atoms with E-state index in [1.807, 2.05) is 0 Å². The number of halogens is 1. The van der Waals surface area contributed by atoms with Crippen LogP contribution >= 0.6 is 11.6 Å². The van der Waals surface area contributed by atoms with Crippen LogP contribution < -0.4 is 10.1 Å². The number of methoxy groups -OCH3 is 1. The van der Waals surface area contributed by atoms with E-state index in [1.54, 1.807) is 48.5 Å². The van der Waals surface area contributed by atoms with Crippen molar-refractivity contribution >= 4 is 33.0 Å². The van der Waals surface area contributed by atoms with Gasteiger partial charge in [-0.3, -0.25) is 4.79 Å². The van der Waals surface area contributed by atoms with Crippen molar-refractivity contribution in [3.8, 4) is 5.75 Å². The number of hydrogen-bond acceptors (Lipinski definition) is 4. The number of nitrogens with one attached hydrogen (secondary N) is 1. The SMILES string of the molecule is COc1ccccc1NC(=O)CS(=O)(=O)Cc1ccccc1Cl. The van der Waals surface area contributed by atoms with Crippen molar-refractivity contribution in [3.63, 3.8) is 0 Å². The molecule has 5 nitrogen and oxygen atoms in total. The van der Waals surface area contributed by atoms with E-state index in [9.17, 15) is 13.2 Å². The molecule has 0 unspecified atom stereocenters. The number of carbonyl (C=O) groups is 1. The van der Waals surface area contributed by atoms with Crippen molar-refractivity contribution < 1.29 is 17.9 Å². The lowest BCUT2D eigenvalue weighted by Crippen LogP contribution is -2.24. The second-order valence-corrected chi connectivity index (χ2v) is 7.34. The first-order valence-electron chi connectivity index (χ1n) is 6.78. The summed E-state index contributed by atoms with van der Waals surface area (Å²) in [5, 5.41) is 2.90. The Kier molecular flexibility index (Phi) is 5.63. The van der Waals surface area contributed by atoms with Crippen molar-refractivity contribution in [1.82, 2.24) is 0 Å². The number of benzene rings is 2. The molecule has 0 aliphatic rings. The molecule has 0 aliphatic heterocycles. The van der Waals surface area contributed by atoms with Crippen molar-refractivity contribution in [3.05, 3.63) is 59.1 Å². The molecular formula is C16H16ClNO4S. The summed E-state index contributed by atoms with van der Waals surface area (Å²) in [6.07, 6.45) is 0. The standard InChI is InChI=1S/C16H16ClNO4S/c1-22-15-9-5-4-8-14(15)18-16(19)11-23(20,21)10-12-6-2-3-7-13(12)17/h2-9H,10-11H2,1H3,(H,18,19). The first kappa shape index (κ1) is 17.3. The zero-order valence-corrected chi connectivity index (χ0v) is 14.0. The maximum atomic E-state index is 12.2. The molecule has 23 heavy (non-hydrogen) atoms. The number of hydrogen-bond donors (Lipinski definition) is 1. The van der Waals surface area contributed by atoms with Gasteiger partial charge in [0.2, 0.25) is 5.91 Å². The van der Waals surface area contributed by atoms with E-state index in [1.165, 1.54) is 7.11 Å². The molecule has 2 rings (SSSR count). The maximum absolute atomic E-state index is 12.2. The van der Waals surface area contributed by atoms with E-state index >= 15 is 0 Å². The number of amides is 1. The van der Waals surface area contributed by atoms with Crippen molar-refractivity contribution in [2.45, 2.75) is 5.75 Å². The minimum Gasteiger partial charge on any atom is -0.495 e. The largest absolute Gasteiger partial charge is 0.495 e. The van der Waals surface area contributed by atoms with Gasteiger partial charge in [0.25, 0.3) is 0 Å². The zero-order valence-electron chi connectivity index (χ0n) is 12.5. The molecule has 0 aliphatic carbocycles. The Morgan fingerprint density at radius 3 is 2.48 bits per heavy atom. The molecule has 0 bridgehead atoms. The number of ether oxygens (including phenoxy) is 1. The molecule has 2 aromatic carbocycles. The Hall–Kier alpha value is -2.05. The van der Waals surface area contributed by atoms with Crippen molar-refractivity contribution in [2.75, 3.05) is 18.2 Å². The smallest absolute Gasteiger partial charge is 0.239 e. The summed E-state index contributed by atoms with van der Waals surface area (Å²) in [5.74, 6) is -1.08. The molecule has 0 heterocycles. The lowest BCUT2D eigenvalue weighted by atomic mass is 10.2. The lowest BCUT2D eigenvalue weighted by molar-refractivity contribution is -0.113. The maximum Gasteiger partial charge on any atom is 0.239 e. The van der Waals surface area contributed by atoms with E-state index in [2.05, 4.69) is 5.32 Å². The Bertz CT molecular complexity index is 805. The highest BCUT2D eigenvalue weighted by molar-refractivity contribution is 7.91. The van der Waals surface area contributed by atoms with Gasteiger partial charge >= 0.3 is 0 Å². The van der Waals surface area contributed by atoms with E-state index in [0.717, 1.165) is 0 Å². The summed E-state index contributed by atoms with van der Waals surface area (Å²) in [5.41, 5.74) is 0.896. The third-order valence-electron chi connectivity index (χ3n) is 3.07. The summed E-state index contributed by atoms with van der Waals surface area (Å²) < 4.78 is 29.4. The first-order chi connectivity index (χ1) is 10.9. The molecule has 0 saturated heterocycles. The molecule has 7 heteroatoms. The van der Waals surface area contributed by atoms with Gasteiger partial charge in [-0.05, 0) is 23.8 Å². The van der Waals surface area contributed by atoms with E-state index in [0.29, 0.717) is 22.0 Å². The van der Waals surface area contributed by atoms with Gasteiger partial charge in [0.15, 0.2) is 9.84 Å². The topological polar surface area (TPSA) is 72.5 Å². The Labute approximate surface area is 140 Å². The van der Waals surface area contributed by atoms with Crippen LogP contribution in [0, 0.1) is 0 Å². The molecular weight excluding hydrogens is 338 g/mol. The van der Waals surface area contributed by atoms with E-state index in [-0.39, 0.29) is 5.75 Å². The van der Waals surface area contributed by atoms with Gasteiger partial charge in [0.1, 0.15) is 11.5 Å². The van der Waals surface area contributed by atoms with Crippen LogP contribution in [0.4, 0.5) is 5.69 Å². The normalized spacial score (nSPS) is 11.0. The fourth-order valence-corrected chi connectivity index (χ4v) is 3.62. The predicted octanol–water partition coefficient (Wildman–Crippen LogP) is 2.90. The molecule has 122 valence electrons. The summed E-state index contributed by atoms with van der Waals surface area (Å²) >= 11 is 5.95. The molecule has 0 fully saturated rings. The quantitative estimate of drug-likeness (QED) is 0.866. The second-order valence-electron chi connectivity index (χ2n) is 4.87. The van der Waals surface area contributed by atoms with Gasteiger partial charge in [-0.2, -0.15) is 0 Å². The number of para-hydroxylation sites is 2. The van der Waals surface area contributed by atoms with Crippen LogP contribution in [0.5, 0.6) is 5.75 Å². The molecule has 2 aromatic rings. The number of carbonyl (C=O) groups excluding carboxylic acids is 1. The predicted molar refractivity (Wildman–Crippen MR) is 90.6 cm³/mol. The molecule has 1 N–H and O–H groups in total. The van der Waals surface area contributed by atoms with Crippen LogP contribution in [-0.4, -0.2) is 27.2 Å². The zero-order chi connectivity index (χ0) is 16.9. The number of sulfone groups is 1. The highest BCUT2D eigenvalue weighted by Crippen LogP contribution is 2.23. The molecule has 0 radical (unpaired) electrons. The van der Waals surface area contributed by atoms with Gasteiger partial charge in [-0.25, -0.2) is 8.42 Å². The second kappa shape index (κ2) is 7.48. The highest BCUT2D eigenvalue weighted by Gasteiger charge is 2.19. The molecule has 1 amide bonds. The summed E-state index contributed by atoms with van der Waals surface area (Å²) in [6, 6.07) is 13.4. The van der Waals surface area contributed by atoms with Crippen molar-refractivity contribution in [2.24, 2.45) is 0 Å². The van der Waals surface area contributed by atoms with E-state index < -0.39 is 21.5 Å². The number of rotatable bonds is 6. The Balaban J connectivity index is 2.05. The van der Waals surface area contributed by atoms with Gasteiger partial charge in [-0.1, -0.05) is 41.9 Å². The monoisotopic (exact) mass is 353 g/mol. The van der Waals surface area contributed by atoms with Crippen LogP contribution in [-0.2, 0) is 20.4 Å². The number of anilines is 1. The summed E-state index contributed by atoms with van der Waals surface area (Å²) in [7, 11) is -2.16. The third-order valence-corrected chi connectivity index (χ3v) is 4.89. The minimum atomic E-state index is -3.63. The fraction of sp³-hybridized carbons (Fsp3) is 0.188. The lowest BCUT2D eigenvalue weighted by Gasteiger charge is -2.10.